The number of carbonyl (C=O) groups excluding carboxylic acids is 1. The van der Waals surface area contributed by atoms with E-state index in [4.69, 9.17) is 0 Å². The maximum Gasteiger partial charge on any atom is 0.230 e. The van der Waals surface area contributed by atoms with E-state index in [0.717, 1.165) is 11.1 Å². The molecule has 2 nitrogen and oxygen atoms in total. The lowest BCUT2D eigenvalue weighted by Crippen LogP contribution is -2.28. The van der Waals surface area contributed by atoms with Crippen molar-refractivity contribution in [3.63, 3.8) is 0 Å². The molecule has 1 N–H and O–H groups in total. The van der Waals surface area contributed by atoms with Crippen molar-refractivity contribution in [2.24, 2.45) is 0 Å². The van der Waals surface area contributed by atoms with Gasteiger partial charge in [-0.1, -0.05) is 42.5 Å². The van der Waals surface area contributed by atoms with Crippen molar-refractivity contribution < 1.29 is 9.18 Å². The second kappa shape index (κ2) is 7.84. The Balaban J connectivity index is 1.75. The molecule has 2 aromatic carbocycles. The molecule has 2 aromatic rings. The molecule has 0 saturated heterocycles. The molecule has 0 aliphatic rings. The van der Waals surface area contributed by atoms with Gasteiger partial charge in [0.1, 0.15) is 5.82 Å². The van der Waals surface area contributed by atoms with Crippen LogP contribution in [0.3, 0.4) is 0 Å². The summed E-state index contributed by atoms with van der Waals surface area (Å²) in [6, 6.07) is 16.3. The Bertz CT molecular complexity index is 588. The summed E-state index contributed by atoms with van der Waals surface area (Å²) in [5.74, 6) is 0.751. The van der Waals surface area contributed by atoms with Gasteiger partial charge in [-0.25, -0.2) is 4.39 Å². The van der Waals surface area contributed by atoms with Crippen LogP contribution in [0.25, 0.3) is 0 Å². The summed E-state index contributed by atoms with van der Waals surface area (Å²) < 4.78 is 13.0. The van der Waals surface area contributed by atoms with E-state index in [1.54, 1.807) is 6.07 Å². The van der Waals surface area contributed by atoms with Gasteiger partial charge in [-0.05, 0) is 30.2 Å². The fraction of sp³-hybridized carbons (Fsp3) is 0.235. The van der Waals surface area contributed by atoms with E-state index in [1.807, 2.05) is 43.3 Å². The minimum Gasteiger partial charge on any atom is -0.349 e. The Kier molecular flexibility index (Phi) is 5.81. The molecule has 0 bridgehead atoms. The Labute approximate surface area is 128 Å². The molecule has 110 valence electrons. The number of thioether (sulfide) groups is 1. The lowest BCUT2D eigenvalue weighted by Gasteiger charge is -2.14. The molecule has 1 amide bonds. The first-order valence-electron chi connectivity index (χ1n) is 6.81. The summed E-state index contributed by atoms with van der Waals surface area (Å²) in [7, 11) is 0. The number of hydrogen-bond acceptors (Lipinski definition) is 2. The zero-order valence-corrected chi connectivity index (χ0v) is 12.7. The number of carbonyl (C=O) groups is 1. The van der Waals surface area contributed by atoms with Crippen LogP contribution in [0.2, 0.25) is 0 Å². The summed E-state index contributed by atoms with van der Waals surface area (Å²) in [5, 5.41) is 2.96. The second-order valence-electron chi connectivity index (χ2n) is 4.82. The van der Waals surface area contributed by atoms with Gasteiger partial charge in [0.2, 0.25) is 5.91 Å². The highest BCUT2D eigenvalue weighted by atomic mass is 32.2. The van der Waals surface area contributed by atoms with Crippen LogP contribution in [0.5, 0.6) is 0 Å². The second-order valence-corrected chi connectivity index (χ2v) is 5.81. The summed E-state index contributed by atoms with van der Waals surface area (Å²) in [4.78, 5) is 11.9. The average molecular weight is 303 g/mol. The molecule has 0 radical (unpaired) electrons. The maximum atomic E-state index is 13.0. The molecule has 1 unspecified atom stereocenters. The molecule has 1 atom stereocenters. The fourth-order valence-corrected chi connectivity index (χ4v) is 2.78. The molecule has 0 fully saturated rings. The fourth-order valence-electron chi connectivity index (χ4n) is 2.00. The molecular weight excluding hydrogens is 285 g/mol. The number of rotatable bonds is 6. The molecule has 0 saturated carbocycles. The highest BCUT2D eigenvalue weighted by Gasteiger charge is 2.09. The molecule has 0 aliphatic heterocycles. The lowest BCUT2D eigenvalue weighted by atomic mass is 10.1. The minimum absolute atomic E-state index is 0.00605. The maximum absolute atomic E-state index is 13.0. The minimum atomic E-state index is -0.241. The van der Waals surface area contributed by atoms with Crippen LogP contribution in [0.1, 0.15) is 24.1 Å². The van der Waals surface area contributed by atoms with E-state index in [0.29, 0.717) is 11.5 Å². The molecule has 0 aliphatic carbocycles. The van der Waals surface area contributed by atoms with Gasteiger partial charge < -0.3 is 5.32 Å². The molecular formula is C17H18FNOS. The van der Waals surface area contributed by atoms with Crippen LogP contribution in [0.15, 0.2) is 54.6 Å². The van der Waals surface area contributed by atoms with Crippen molar-refractivity contribution >= 4 is 17.7 Å². The normalized spacial score (nSPS) is 11.9. The molecule has 4 heteroatoms. The zero-order valence-electron chi connectivity index (χ0n) is 11.9. The molecule has 0 aromatic heterocycles. The van der Waals surface area contributed by atoms with E-state index in [9.17, 15) is 9.18 Å². The van der Waals surface area contributed by atoms with Crippen LogP contribution in [-0.2, 0) is 10.5 Å². The van der Waals surface area contributed by atoms with Gasteiger partial charge in [0.05, 0.1) is 11.8 Å². The molecule has 0 heterocycles. The first kappa shape index (κ1) is 15.6. The number of nitrogens with one attached hydrogen (secondary N) is 1. The third-order valence-electron chi connectivity index (χ3n) is 3.07. The lowest BCUT2D eigenvalue weighted by molar-refractivity contribution is -0.119. The van der Waals surface area contributed by atoms with Crippen LogP contribution in [-0.4, -0.2) is 11.7 Å². The zero-order chi connectivity index (χ0) is 15.1. The van der Waals surface area contributed by atoms with Gasteiger partial charge in [0, 0.05) is 5.75 Å². The van der Waals surface area contributed by atoms with E-state index in [1.165, 1.54) is 23.9 Å². The standard InChI is InChI=1S/C17H18FNOS/c1-13(15-7-3-2-4-8-15)19-17(20)12-21-11-14-6-5-9-16(18)10-14/h2-10,13H,11-12H2,1H3,(H,19,20). The largest absolute Gasteiger partial charge is 0.349 e. The van der Waals surface area contributed by atoms with Gasteiger partial charge >= 0.3 is 0 Å². The summed E-state index contributed by atoms with van der Waals surface area (Å²) in [6.07, 6.45) is 0. The van der Waals surface area contributed by atoms with Crippen molar-refractivity contribution in [3.05, 3.63) is 71.5 Å². The third-order valence-corrected chi connectivity index (χ3v) is 4.07. The van der Waals surface area contributed by atoms with Crippen molar-refractivity contribution in [1.82, 2.24) is 5.32 Å². The predicted molar refractivity (Wildman–Crippen MR) is 85.6 cm³/mol. The Morgan fingerprint density at radius 2 is 1.95 bits per heavy atom. The van der Waals surface area contributed by atoms with Crippen LogP contribution in [0.4, 0.5) is 4.39 Å². The Morgan fingerprint density at radius 1 is 1.19 bits per heavy atom. The summed E-state index contributed by atoms with van der Waals surface area (Å²) in [6.45, 7) is 1.96. The topological polar surface area (TPSA) is 29.1 Å². The van der Waals surface area contributed by atoms with Gasteiger partial charge in [0.15, 0.2) is 0 Å². The first-order chi connectivity index (χ1) is 10.1. The van der Waals surface area contributed by atoms with Crippen molar-refractivity contribution in [1.29, 1.82) is 0 Å². The summed E-state index contributed by atoms with van der Waals surface area (Å²) >= 11 is 1.48. The SMILES string of the molecule is CC(NC(=O)CSCc1cccc(F)c1)c1ccccc1. The van der Waals surface area contributed by atoms with E-state index >= 15 is 0 Å². The predicted octanol–water partition coefficient (Wildman–Crippen LogP) is 3.94. The smallest absolute Gasteiger partial charge is 0.230 e. The first-order valence-corrected chi connectivity index (χ1v) is 7.97. The average Bonchev–Trinajstić information content (AvgIpc) is 2.48. The van der Waals surface area contributed by atoms with Gasteiger partial charge in [-0.2, -0.15) is 0 Å². The number of hydrogen-bond donors (Lipinski definition) is 1. The molecule has 21 heavy (non-hydrogen) atoms. The van der Waals surface area contributed by atoms with E-state index in [2.05, 4.69) is 5.32 Å². The number of halogens is 1. The van der Waals surface area contributed by atoms with Crippen LogP contribution in [0, 0.1) is 5.82 Å². The third kappa shape index (κ3) is 5.23. The molecule has 0 spiro atoms. The van der Waals surface area contributed by atoms with Gasteiger partial charge in [0.25, 0.3) is 0 Å². The van der Waals surface area contributed by atoms with Gasteiger partial charge in [-0.3, -0.25) is 4.79 Å². The van der Waals surface area contributed by atoms with Crippen LogP contribution < -0.4 is 5.32 Å². The highest BCUT2D eigenvalue weighted by Crippen LogP contribution is 2.15. The van der Waals surface area contributed by atoms with Crippen molar-refractivity contribution in [2.45, 2.75) is 18.7 Å². The Hall–Kier alpha value is -1.81. The van der Waals surface area contributed by atoms with Gasteiger partial charge in [-0.15, -0.1) is 11.8 Å². The van der Waals surface area contributed by atoms with E-state index in [-0.39, 0.29) is 17.8 Å². The summed E-state index contributed by atoms with van der Waals surface area (Å²) in [5.41, 5.74) is 1.98. The van der Waals surface area contributed by atoms with Crippen molar-refractivity contribution in [3.8, 4) is 0 Å². The highest BCUT2D eigenvalue weighted by molar-refractivity contribution is 7.99. The number of benzene rings is 2. The number of amides is 1. The molecule has 2 rings (SSSR count). The van der Waals surface area contributed by atoms with E-state index < -0.39 is 0 Å². The van der Waals surface area contributed by atoms with Crippen molar-refractivity contribution in [2.75, 3.05) is 5.75 Å². The monoisotopic (exact) mass is 303 g/mol. The Morgan fingerprint density at radius 3 is 2.67 bits per heavy atom. The van der Waals surface area contributed by atoms with Crippen LogP contribution >= 0.6 is 11.8 Å². The quantitative estimate of drug-likeness (QED) is 0.876.